The van der Waals surface area contributed by atoms with Crippen LogP contribution in [0, 0.1) is 0 Å². The first-order valence-electron chi connectivity index (χ1n) is 6.31. The van der Waals surface area contributed by atoms with Crippen LogP contribution in [0.25, 0.3) is 0 Å². The van der Waals surface area contributed by atoms with Gasteiger partial charge >= 0.3 is 0 Å². The Morgan fingerprint density at radius 3 is 2.50 bits per heavy atom. The summed E-state index contributed by atoms with van der Waals surface area (Å²) in [6.07, 6.45) is 2.85. The van der Waals surface area contributed by atoms with E-state index in [9.17, 15) is 8.42 Å². The molecular formula is C13H18BrNO4S. The van der Waals surface area contributed by atoms with E-state index >= 15 is 0 Å². The first-order valence-corrected chi connectivity index (χ1v) is 8.58. The second-order valence-corrected chi connectivity index (χ2v) is 7.48. The summed E-state index contributed by atoms with van der Waals surface area (Å²) in [5.41, 5.74) is -0.337. The van der Waals surface area contributed by atoms with Gasteiger partial charge in [-0.25, -0.2) is 13.1 Å². The van der Waals surface area contributed by atoms with E-state index in [1.165, 1.54) is 19.2 Å². The van der Waals surface area contributed by atoms with Crippen molar-refractivity contribution in [2.45, 2.75) is 29.8 Å². The number of hydrogen-bond acceptors (Lipinski definition) is 4. The van der Waals surface area contributed by atoms with Gasteiger partial charge in [0.05, 0.1) is 22.1 Å². The number of nitrogens with one attached hydrogen (secondary N) is 1. The predicted octanol–water partition coefficient (Wildman–Crippen LogP) is 2.31. The summed E-state index contributed by atoms with van der Waals surface area (Å²) in [4.78, 5) is 0.204. The second-order valence-electron chi connectivity index (χ2n) is 4.86. The number of sulfonamides is 1. The van der Waals surface area contributed by atoms with Crippen molar-refractivity contribution in [2.75, 3.05) is 20.8 Å². The first kappa shape index (κ1) is 15.8. The summed E-state index contributed by atoms with van der Waals surface area (Å²) >= 11 is 3.29. The van der Waals surface area contributed by atoms with E-state index in [2.05, 4.69) is 20.7 Å². The molecule has 0 spiro atoms. The zero-order valence-electron chi connectivity index (χ0n) is 11.5. The third-order valence-electron chi connectivity index (χ3n) is 3.72. The molecule has 1 aliphatic carbocycles. The molecule has 1 fully saturated rings. The van der Waals surface area contributed by atoms with Gasteiger partial charge in [0, 0.05) is 13.7 Å². The van der Waals surface area contributed by atoms with Crippen molar-refractivity contribution in [3.8, 4) is 5.75 Å². The fourth-order valence-corrected chi connectivity index (χ4v) is 3.98. The first-order chi connectivity index (χ1) is 9.42. The highest BCUT2D eigenvalue weighted by atomic mass is 79.9. The van der Waals surface area contributed by atoms with Gasteiger partial charge in [0.2, 0.25) is 10.0 Å². The van der Waals surface area contributed by atoms with E-state index in [0.29, 0.717) is 16.8 Å². The summed E-state index contributed by atoms with van der Waals surface area (Å²) in [5.74, 6) is 0.594. The highest BCUT2D eigenvalue weighted by molar-refractivity contribution is 9.10. The quantitative estimate of drug-likeness (QED) is 0.841. The lowest BCUT2D eigenvalue weighted by Gasteiger charge is -2.40. The molecule has 0 bridgehead atoms. The molecule has 2 rings (SSSR count). The molecule has 7 heteroatoms. The molecule has 0 heterocycles. The van der Waals surface area contributed by atoms with Crippen molar-refractivity contribution >= 4 is 26.0 Å². The molecule has 0 aliphatic heterocycles. The molecule has 112 valence electrons. The van der Waals surface area contributed by atoms with E-state index in [-0.39, 0.29) is 10.5 Å². The van der Waals surface area contributed by atoms with Gasteiger partial charge in [-0.2, -0.15) is 0 Å². The minimum atomic E-state index is -3.54. The van der Waals surface area contributed by atoms with Crippen molar-refractivity contribution in [3.05, 3.63) is 22.7 Å². The molecule has 0 amide bonds. The maximum absolute atomic E-state index is 12.3. The largest absolute Gasteiger partial charge is 0.496 e. The molecule has 0 saturated heterocycles. The van der Waals surface area contributed by atoms with Crippen LogP contribution in [0.4, 0.5) is 0 Å². The molecule has 1 aromatic carbocycles. The number of ether oxygens (including phenoxy) is 2. The molecule has 0 radical (unpaired) electrons. The molecule has 1 aromatic rings. The number of halogens is 1. The number of benzene rings is 1. The Labute approximate surface area is 127 Å². The molecule has 0 aromatic heterocycles. The molecule has 20 heavy (non-hydrogen) atoms. The topological polar surface area (TPSA) is 64.6 Å². The molecule has 0 atom stereocenters. The van der Waals surface area contributed by atoms with Crippen LogP contribution in [0.5, 0.6) is 5.75 Å². The van der Waals surface area contributed by atoms with Crippen LogP contribution < -0.4 is 9.46 Å². The Bertz CT molecular complexity index is 579. The Morgan fingerprint density at radius 1 is 1.35 bits per heavy atom. The van der Waals surface area contributed by atoms with E-state index in [0.717, 1.165) is 19.3 Å². The second kappa shape index (κ2) is 6.01. The van der Waals surface area contributed by atoms with Crippen molar-refractivity contribution in [1.29, 1.82) is 0 Å². The molecule has 1 saturated carbocycles. The third-order valence-corrected chi connectivity index (χ3v) is 5.73. The summed E-state index contributed by atoms with van der Waals surface area (Å²) in [7, 11) is -0.387. The van der Waals surface area contributed by atoms with Gasteiger partial charge < -0.3 is 9.47 Å². The minimum absolute atomic E-state index is 0.204. The Balaban J connectivity index is 2.12. The fourth-order valence-electron chi connectivity index (χ4n) is 2.15. The van der Waals surface area contributed by atoms with Crippen LogP contribution in [-0.2, 0) is 14.8 Å². The van der Waals surface area contributed by atoms with E-state index < -0.39 is 10.0 Å². The lowest BCUT2D eigenvalue weighted by atomic mass is 9.80. The molecule has 1 N–H and O–H groups in total. The number of rotatable bonds is 6. The number of hydrogen-bond donors (Lipinski definition) is 1. The van der Waals surface area contributed by atoms with Crippen molar-refractivity contribution in [3.63, 3.8) is 0 Å². The zero-order chi connectivity index (χ0) is 14.8. The molecule has 0 unspecified atom stereocenters. The predicted molar refractivity (Wildman–Crippen MR) is 79.5 cm³/mol. The van der Waals surface area contributed by atoms with Gasteiger partial charge in [0.15, 0.2) is 0 Å². The highest BCUT2D eigenvalue weighted by Crippen LogP contribution is 2.34. The summed E-state index contributed by atoms with van der Waals surface area (Å²) in [5, 5.41) is 0. The molecular weight excluding hydrogens is 346 g/mol. The van der Waals surface area contributed by atoms with Gasteiger partial charge in [-0.05, 0) is 53.4 Å². The smallest absolute Gasteiger partial charge is 0.240 e. The lowest BCUT2D eigenvalue weighted by molar-refractivity contribution is -0.0659. The Kier molecular flexibility index (Phi) is 4.73. The van der Waals surface area contributed by atoms with Crippen LogP contribution in [0.1, 0.15) is 19.3 Å². The van der Waals surface area contributed by atoms with Crippen LogP contribution in [0.3, 0.4) is 0 Å². The standard InChI is InChI=1S/C13H18BrNO4S/c1-18-12-5-4-10(8-11(12)14)20(16,17)15-9-13(19-2)6-3-7-13/h4-5,8,15H,3,6-7,9H2,1-2H3. The average molecular weight is 364 g/mol. The zero-order valence-corrected chi connectivity index (χ0v) is 13.9. The Morgan fingerprint density at radius 2 is 2.05 bits per heavy atom. The SMILES string of the molecule is COc1ccc(S(=O)(=O)NCC2(OC)CCC2)cc1Br. The van der Waals surface area contributed by atoms with Crippen LogP contribution >= 0.6 is 15.9 Å². The lowest BCUT2D eigenvalue weighted by Crippen LogP contribution is -2.49. The summed E-state index contributed by atoms with van der Waals surface area (Å²) in [6.45, 7) is 0.301. The highest BCUT2D eigenvalue weighted by Gasteiger charge is 2.38. The molecule has 5 nitrogen and oxygen atoms in total. The minimum Gasteiger partial charge on any atom is -0.496 e. The van der Waals surface area contributed by atoms with Gasteiger partial charge in [0.1, 0.15) is 5.75 Å². The van der Waals surface area contributed by atoms with Gasteiger partial charge in [-0.1, -0.05) is 0 Å². The van der Waals surface area contributed by atoms with Crippen LogP contribution in [0.15, 0.2) is 27.6 Å². The average Bonchev–Trinajstić information content (AvgIpc) is 2.38. The fraction of sp³-hybridized carbons (Fsp3) is 0.538. The summed E-state index contributed by atoms with van der Waals surface area (Å²) in [6, 6.07) is 4.67. The van der Waals surface area contributed by atoms with Crippen LogP contribution in [0.2, 0.25) is 0 Å². The third kappa shape index (κ3) is 3.16. The van der Waals surface area contributed by atoms with Gasteiger partial charge in [-0.3, -0.25) is 0 Å². The van der Waals surface area contributed by atoms with Gasteiger partial charge in [-0.15, -0.1) is 0 Å². The van der Waals surface area contributed by atoms with Crippen molar-refractivity contribution < 1.29 is 17.9 Å². The Hall–Kier alpha value is -0.630. The van der Waals surface area contributed by atoms with Crippen LogP contribution in [-0.4, -0.2) is 34.8 Å². The van der Waals surface area contributed by atoms with Crippen molar-refractivity contribution in [1.82, 2.24) is 4.72 Å². The van der Waals surface area contributed by atoms with E-state index in [1.54, 1.807) is 13.2 Å². The van der Waals surface area contributed by atoms with Crippen molar-refractivity contribution in [2.24, 2.45) is 0 Å². The monoisotopic (exact) mass is 363 g/mol. The molecule has 1 aliphatic rings. The van der Waals surface area contributed by atoms with Gasteiger partial charge in [0.25, 0.3) is 0 Å². The maximum Gasteiger partial charge on any atom is 0.240 e. The summed E-state index contributed by atoms with van der Waals surface area (Å²) < 4.78 is 38.2. The maximum atomic E-state index is 12.3. The number of methoxy groups -OCH3 is 2. The van der Waals surface area contributed by atoms with E-state index in [4.69, 9.17) is 9.47 Å². The van der Waals surface area contributed by atoms with E-state index in [1.807, 2.05) is 0 Å². The normalized spacial score (nSPS) is 17.6.